The smallest absolute Gasteiger partial charge is 0.335 e. The van der Waals surface area contributed by atoms with Crippen LogP contribution in [0.25, 0.3) is 0 Å². The molecule has 0 aliphatic carbocycles. The van der Waals surface area contributed by atoms with Gasteiger partial charge in [-0.15, -0.1) is 0 Å². The predicted molar refractivity (Wildman–Crippen MR) is 112 cm³/mol. The second-order valence-electron chi connectivity index (χ2n) is 6.82. The van der Waals surface area contributed by atoms with Crippen LogP contribution in [0.1, 0.15) is 41.4 Å². The van der Waals surface area contributed by atoms with Crippen molar-refractivity contribution in [3.63, 3.8) is 0 Å². The third-order valence-electron chi connectivity index (χ3n) is 4.86. The van der Waals surface area contributed by atoms with Gasteiger partial charge < -0.3 is 10.4 Å². The molecule has 3 amide bonds. The van der Waals surface area contributed by atoms with Crippen molar-refractivity contribution >= 4 is 40.8 Å². The SMILES string of the molecule is O=C(O)c1ccc(NC(=O)c2ccc3c(c2)C(=O)N(c2ccc([N+](=O)[O-])cc2)C3=O)cc1. The number of carboxylic acid groups (broad SMARTS) is 1. The maximum Gasteiger partial charge on any atom is 0.335 e. The molecule has 0 aromatic heterocycles. The highest BCUT2D eigenvalue weighted by molar-refractivity contribution is 6.34. The lowest BCUT2D eigenvalue weighted by atomic mass is 10.1. The molecule has 0 fully saturated rings. The van der Waals surface area contributed by atoms with Gasteiger partial charge in [0.2, 0.25) is 0 Å². The summed E-state index contributed by atoms with van der Waals surface area (Å²) in [6.07, 6.45) is 0. The van der Waals surface area contributed by atoms with E-state index in [1.807, 2.05) is 0 Å². The van der Waals surface area contributed by atoms with Crippen LogP contribution in [0.2, 0.25) is 0 Å². The van der Waals surface area contributed by atoms with Crippen molar-refractivity contribution in [3.8, 4) is 0 Å². The molecule has 0 bridgehead atoms. The summed E-state index contributed by atoms with van der Waals surface area (Å²) >= 11 is 0. The maximum atomic E-state index is 12.8. The van der Waals surface area contributed by atoms with Gasteiger partial charge in [0.15, 0.2) is 0 Å². The minimum absolute atomic E-state index is 0.0298. The van der Waals surface area contributed by atoms with Gasteiger partial charge >= 0.3 is 5.97 Å². The van der Waals surface area contributed by atoms with Crippen LogP contribution in [0, 0.1) is 10.1 Å². The number of anilines is 2. The summed E-state index contributed by atoms with van der Waals surface area (Å²) in [7, 11) is 0. The van der Waals surface area contributed by atoms with Crippen LogP contribution >= 0.6 is 0 Å². The van der Waals surface area contributed by atoms with Crippen molar-refractivity contribution in [1.29, 1.82) is 0 Å². The summed E-state index contributed by atoms with van der Waals surface area (Å²) in [6, 6.07) is 14.6. The van der Waals surface area contributed by atoms with Crippen LogP contribution in [-0.4, -0.2) is 33.7 Å². The van der Waals surface area contributed by atoms with Crippen molar-refractivity contribution in [2.75, 3.05) is 10.2 Å². The van der Waals surface area contributed by atoms with Crippen LogP contribution in [0.15, 0.2) is 66.7 Å². The van der Waals surface area contributed by atoms with Crippen LogP contribution in [0.4, 0.5) is 17.1 Å². The molecule has 0 atom stereocenters. The molecule has 10 nitrogen and oxygen atoms in total. The Bertz CT molecular complexity index is 1300. The van der Waals surface area contributed by atoms with E-state index < -0.39 is 28.6 Å². The number of rotatable bonds is 5. The van der Waals surface area contributed by atoms with E-state index >= 15 is 0 Å². The first-order valence-electron chi connectivity index (χ1n) is 9.18. The molecule has 0 saturated carbocycles. The molecule has 0 saturated heterocycles. The molecule has 2 N–H and O–H groups in total. The molecule has 4 rings (SSSR count). The van der Waals surface area contributed by atoms with Gasteiger partial charge in [-0.05, 0) is 54.6 Å². The molecule has 1 aliphatic heterocycles. The normalized spacial score (nSPS) is 12.4. The standard InChI is InChI=1S/C22H13N3O7/c26-19(23-14-4-1-12(2-5-14)22(29)30)13-3-10-17-18(11-13)21(28)24(20(17)27)15-6-8-16(9-7-15)25(31)32/h1-11H,(H,23,26)(H,29,30). The first-order chi connectivity index (χ1) is 15.3. The van der Waals surface area contributed by atoms with E-state index in [4.69, 9.17) is 5.11 Å². The van der Waals surface area contributed by atoms with Crippen molar-refractivity contribution in [2.24, 2.45) is 0 Å². The lowest BCUT2D eigenvalue weighted by molar-refractivity contribution is -0.384. The number of aromatic carboxylic acids is 1. The van der Waals surface area contributed by atoms with E-state index in [2.05, 4.69) is 5.32 Å². The van der Waals surface area contributed by atoms with Gasteiger partial charge in [-0.2, -0.15) is 0 Å². The molecule has 10 heteroatoms. The Labute approximate surface area is 179 Å². The molecular weight excluding hydrogens is 418 g/mol. The van der Waals surface area contributed by atoms with Crippen molar-refractivity contribution < 1.29 is 29.2 Å². The minimum Gasteiger partial charge on any atom is -0.478 e. The van der Waals surface area contributed by atoms with Crippen LogP contribution < -0.4 is 10.2 Å². The first-order valence-corrected chi connectivity index (χ1v) is 9.18. The molecule has 3 aromatic rings. The van der Waals surface area contributed by atoms with Gasteiger partial charge in [-0.3, -0.25) is 24.5 Å². The van der Waals surface area contributed by atoms with Gasteiger partial charge in [-0.25, -0.2) is 9.69 Å². The number of carbonyl (C=O) groups excluding carboxylic acids is 3. The number of non-ortho nitro benzene ring substituents is 1. The summed E-state index contributed by atoms with van der Waals surface area (Å²) < 4.78 is 0. The van der Waals surface area contributed by atoms with Gasteiger partial charge in [-0.1, -0.05) is 0 Å². The van der Waals surface area contributed by atoms with Crippen molar-refractivity contribution in [3.05, 3.63) is 99.1 Å². The van der Waals surface area contributed by atoms with E-state index in [0.717, 1.165) is 4.90 Å². The molecule has 3 aromatic carbocycles. The Morgan fingerprint density at radius 3 is 2.03 bits per heavy atom. The molecular formula is C22H13N3O7. The fourth-order valence-corrected chi connectivity index (χ4v) is 3.24. The van der Waals surface area contributed by atoms with Crippen molar-refractivity contribution in [2.45, 2.75) is 0 Å². The lowest BCUT2D eigenvalue weighted by Gasteiger charge is -2.13. The monoisotopic (exact) mass is 431 g/mol. The zero-order valence-corrected chi connectivity index (χ0v) is 16.1. The Morgan fingerprint density at radius 2 is 1.44 bits per heavy atom. The Balaban J connectivity index is 1.57. The third-order valence-corrected chi connectivity index (χ3v) is 4.86. The number of nitrogens with zero attached hydrogens (tertiary/aromatic N) is 2. The number of hydrogen-bond donors (Lipinski definition) is 2. The Morgan fingerprint density at radius 1 is 0.844 bits per heavy atom. The summed E-state index contributed by atoms with van der Waals surface area (Å²) in [5.41, 5.74) is 0.675. The number of nitro benzene ring substituents is 1. The highest BCUT2D eigenvalue weighted by Crippen LogP contribution is 2.30. The predicted octanol–water partition coefficient (Wildman–Crippen LogP) is 3.35. The zero-order chi connectivity index (χ0) is 23.0. The van der Waals surface area contributed by atoms with E-state index in [9.17, 15) is 29.3 Å². The summed E-state index contributed by atoms with van der Waals surface area (Å²) in [5, 5.41) is 22.3. The number of amides is 3. The van der Waals surface area contributed by atoms with Gasteiger partial charge in [0.1, 0.15) is 0 Å². The number of carboxylic acids is 1. The Hall–Kier alpha value is -4.86. The van der Waals surface area contributed by atoms with E-state index in [1.165, 1.54) is 66.7 Å². The zero-order valence-electron chi connectivity index (χ0n) is 16.1. The first kappa shape index (κ1) is 20.4. The third kappa shape index (κ3) is 3.56. The Kier molecular flexibility index (Phi) is 4.95. The molecule has 0 spiro atoms. The number of carbonyl (C=O) groups is 4. The number of fused-ring (bicyclic) bond motifs is 1. The molecule has 0 radical (unpaired) electrons. The summed E-state index contributed by atoms with van der Waals surface area (Å²) in [6.45, 7) is 0. The van der Waals surface area contributed by atoms with Crippen LogP contribution in [-0.2, 0) is 0 Å². The molecule has 158 valence electrons. The average molecular weight is 431 g/mol. The van der Waals surface area contributed by atoms with Gasteiger partial charge in [0, 0.05) is 23.4 Å². The van der Waals surface area contributed by atoms with Crippen LogP contribution in [0.5, 0.6) is 0 Å². The molecule has 0 unspecified atom stereocenters. The average Bonchev–Trinajstić information content (AvgIpc) is 3.03. The van der Waals surface area contributed by atoms with Crippen molar-refractivity contribution in [1.82, 2.24) is 0 Å². The highest BCUT2D eigenvalue weighted by Gasteiger charge is 2.37. The molecule has 1 aliphatic rings. The molecule has 32 heavy (non-hydrogen) atoms. The molecule has 1 heterocycles. The quantitative estimate of drug-likeness (QED) is 0.358. The topological polar surface area (TPSA) is 147 Å². The largest absolute Gasteiger partial charge is 0.478 e. The number of imide groups is 1. The maximum absolute atomic E-state index is 12.8. The van der Waals surface area contributed by atoms with E-state index in [1.54, 1.807) is 0 Å². The lowest BCUT2D eigenvalue weighted by Crippen LogP contribution is -2.29. The number of benzene rings is 3. The van der Waals surface area contributed by atoms with E-state index in [0.29, 0.717) is 5.69 Å². The number of hydrogen-bond acceptors (Lipinski definition) is 6. The second-order valence-corrected chi connectivity index (χ2v) is 6.82. The van der Waals surface area contributed by atoms with Crippen LogP contribution in [0.3, 0.4) is 0 Å². The second kappa shape index (κ2) is 7.76. The summed E-state index contributed by atoms with van der Waals surface area (Å²) in [4.78, 5) is 60.2. The number of nitro groups is 1. The van der Waals surface area contributed by atoms with Gasteiger partial charge in [0.25, 0.3) is 23.4 Å². The summed E-state index contributed by atoms with van der Waals surface area (Å²) in [5.74, 6) is -2.90. The van der Waals surface area contributed by atoms with Gasteiger partial charge in [0.05, 0.1) is 27.3 Å². The fourth-order valence-electron chi connectivity index (χ4n) is 3.24. The highest BCUT2D eigenvalue weighted by atomic mass is 16.6. The fraction of sp³-hybridized carbons (Fsp3) is 0. The minimum atomic E-state index is -1.10. The van der Waals surface area contributed by atoms with E-state index in [-0.39, 0.29) is 33.6 Å². The number of nitrogens with one attached hydrogen (secondary N) is 1.